The summed E-state index contributed by atoms with van der Waals surface area (Å²) in [6.07, 6.45) is 3.58. The van der Waals surface area contributed by atoms with Crippen molar-refractivity contribution >= 4 is 23.2 Å². The van der Waals surface area contributed by atoms with Crippen molar-refractivity contribution < 1.29 is 13.9 Å². The van der Waals surface area contributed by atoms with E-state index in [2.05, 4.69) is 10.3 Å². The largest absolute Gasteiger partial charge is 0.453 e. The lowest BCUT2D eigenvalue weighted by Gasteiger charge is -2.00. The van der Waals surface area contributed by atoms with Gasteiger partial charge in [0, 0.05) is 19.5 Å². The second-order valence-corrected chi connectivity index (χ2v) is 5.16. The quantitative estimate of drug-likeness (QED) is 0.785. The van der Waals surface area contributed by atoms with Crippen LogP contribution in [0.1, 0.15) is 22.0 Å². The van der Waals surface area contributed by atoms with Crippen molar-refractivity contribution in [2.75, 3.05) is 7.11 Å². The number of rotatable bonds is 5. The number of halogens is 1. The van der Waals surface area contributed by atoms with Gasteiger partial charge in [-0.3, -0.25) is 4.79 Å². The van der Waals surface area contributed by atoms with Gasteiger partial charge in [0.2, 0.25) is 0 Å². The molecule has 7 heteroatoms. The Morgan fingerprint density at radius 2 is 2.23 bits per heavy atom. The van der Waals surface area contributed by atoms with Crippen LogP contribution in [-0.2, 0) is 17.9 Å². The number of imidazole rings is 1. The molecular formula is C15H14ClN3O3. The highest BCUT2D eigenvalue weighted by Crippen LogP contribution is 2.12. The average Bonchev–Trinajstić information content (AvgIpc) is 3.11. The molecule has 3 rings (SSSR count). The fraction of sp³-hybridized carbons (Fsp3) is 0.200. The smallest absolute Gasteiger partial charge is 0.287 e. The molecule has 0 saturated heterocycles. The number of amides is 1. The Morgan fingerprint density at radius 1 is 1.36 bits per heavy atom. The van der Waals surface area contributed by atoms with Crippen molar-refractivity contribution in [1.82, 2.24) is 14.7 Å². The molecule has 0 atom stereocenters. The van der Waals surface area contributed by atoms with Crippen molar-refractivity contribution in [2.45, 2.75) is 13.2 Å². The molecule has 1 N–H and O–H groups in total. The number of carbonyl (C=O) groups is 1. The molecule has 0 aliphatic heterocycles. The molecule has 0 fully saturated rings. The normalized spacial score (nSPS) is 11.0. The van der Waals surface area contributed by atoms with Gasteiger partial charge < -0.3 is 18.9 Å². The molecule has 0 aliphatic rings. The van der Waals surface area contributed by atoms with Crippen LogP contribution in [0.4, 0.5) is 0 Å². The van der Waals surface area contributed by atoms with E-state index in [1.165, 1.54) is 0 Å². The molecule has 0 saturated carbocycles. The van der Waals surface area contributed by atoms with Crippen LogP contribution in [0.5, 0.6) is 0 Å². The van der Waals surface area contributed by atoms with Crippen LogP contribution in [0.3, 0.4) is 0 Å². The molecule has 0 spiro atoms. The lowest BCUT2D eigenvalue weighted by atomic mass is 10.4. The first kappa shape index (κ1) is 14.6. The number of fused-ring (bicyclic) bond motifs is 1. The van der Waals surface area contributed by atoms with Gasteiger partial charge in [0.15, 0.2) is 5.76 Å². The predicted octanol–water partition coefficient (Wildman–Crippen LogP) is 2.66. The molecule has 0 bridgehead atoms. The molecule has 3 heterocycles. The third-order valence-electron chi connectivity index (χ3n) is 3.07. The number of nitrogens with one attached hydrogen (secondary N) is 1. The summed E-state index contributed by atoms with van der Waals surface area (Å²) in [5.41, 5.74) is 1.51. The predicted molar refractivity (Wildman–Crippen MR) is 80.8 cm³/mol. The van der Waals surface area contributed by atoms with Crippen LogP contribution >= 0.6 is 11.6 Å². The fourth-order valence-electron chi connectivity index (χ4n) is 2.08. The standard InChI is InChI=1S/C15H14ClN3O3/c1-21-9-12-3-4-13(22-12)15(20)17-6-11-8-19-7-10(16)2-5-14(19)18-11/h2-5,7-8H,6,9H2,1H3,(H,17,20). The molecular weight excluding hydrogens is 306 g/mol. The fourth-order valence-corrected chi connectivity index (χ4v) is 2.25. The number of hydrogen-bond donors (Lipinski definition) is 1. The number of nitrogens with zero attached hydrogens (tertiary/aromatic N) is 2. The van der Waals surface area contributed by atoms with Gasteiger partial charge in [-0.1, -0.05) is 11.6 Å². The van der Waals surface area contributed by atoms with Crippen molar-refractivity contribution in [3.63, 3.8) is 0 Å². The summed E-state index contributed by atoms with van der Waals surface area (Å²) in [5, 5.41) is 3.39. The van der Waals surface area contributed by atoms with E-state index in [0.29, 0.717) is 23.9 Å². The van der Waals surface area contributed by atoms with Gasteiger partial charge in [-0.2, -0.15) is 0 Å². The number of methoxy groups -OCH3 is 1. The number of hydrogen-bond acceptors (Lipinski definition) is 4. The van der Waals surface area contributed by atoms with E-state index in [1.54, 1.807) is 31.5 Å². The van der Waals surface area contributed by atoms with Crippen molar-refractivity contribution in [1.29, 1.82) is 0 Å². The third kappa shape index (κ3) is 3.13. The zero-order valence-electron chi connectivity index (χ0n) is 11.9. The lowest BCUT2D eigenvalue weighted by Crippen LogP contribution is -2.22. The molecule has 3 aromatic rings. The van der Waals surface area contributed by atoms with E-state index >= 15 is 0 Å². The minimum Gasteiger partial charge on any atom is -0.453 e. The summed E-state index contributed by atoms with van der Waals surface area (Å²) in [6, 6.07) is 6.92. The molecule has 0 aliphatic carbocycles. The van der Waals surface area contributed by atoms with Crippen molar-refractivity contribution in [2.24, 2.45) is 0 Å². The van der Waals surface area contributed by atoms with E-state index in [4.69, 9.17) is 20.8 Å². The van der Waals surface area contributed by atoms with Gasteiger partial charge in [-0.05, 0) is 24.3 Å². The zero-order chi connectivity index (χ0) is 15.5. The number of furan rings is 1. The molecule has 22 heavy (non-hydrogen) atoms. The zero-order valence-corrected chi connectivity index (χ0v) is 12.6. The van der Waals surface area contributed by atoms with Gasteiger partial charge >= 0.3 is 0 Å². The molecule has 0 radical (unpaired) electrons. The Labute approximate surface area is 131 Å². The van der Waals surface area contributed by atoms with Crippen LogP contribution in [0.25, 0.3) is 5.65 Å². The maximum Gasteiger partial charge on any atom is 0.287 e. The van der Waals surface area contributed by atoms with Crippen LogP contribution in [0.2, 0.25) is 5.02 Å². The van der Waals surface area contributed by atoms with Gasteiger partial charge in [0.1, 0.15) is 18.0 Å². The second kappa shape index (κ2) is 6.21. The number of carbonyl (C=O) groups excluding carboxylic acids is 1. The summed E-state index contributed by atoms with van der Waals surface area (Å²) in [5.74, 6) is 0.561. The van der Waals surface area contributed by atoms with Gasteiger partial charge in [-0.25, -0.2) is 4.98 Å². The Hall–Kier alpha value is -2.31. The summed E-state index contributed by atoms with van der Waals surface area (Å²) in [7, 11) is 1.57. The molecule has 3 aromatic heterocycles. The number of ether oxygens (including phenoxy) is 1. The summed E-state index contributed by atoms with van der Waals surface area (Å²) in [6.45, 7) is 0.638. The highest BCUT2D eigenvalue weighted by molar-refractivity contribution is 6.30. The van der Waals surface area contributed by atoms with E-state index in [9.17, 15) is 4.79 Å². The van der Waals surface area contributed by atoms with Crippen LogP contribution < -0.4 is 5.32 Å². The van der Waals surface area contributed by atoms with E-state index in [-0.39, 0.29) is 11.7 Å². The SMILES string of the molecule is COCc1ccc(C(=O)NCc2cn3cc(Cl)ccc3n2)o1. The summed E-state index contributed by atoms with van der Waals surface area (Å²) < 4.78 is 12.1. The van der Waals surface area contributed by atoms with E-state index in [0.717, 1.165) is 11.3 Å². The van der Waals surface area contributed by atoms with E-state index < -0.39 is 0 Å². The summed E-state index contributed by atoms with van der Waals surface area (Å²) in [4.78, 5) is 16.4. The van der Waals surface area contributed by atoms with Gasteiger partial charge in [0.05, 0.1) is 17.3 Å². The Morgan fingerprint density at radius 3 is 3.05 bits per heavy atom. The molecule has 0 unspecified atom stereocenters. The maximum absolute atomic E-state index is 12.0. The van der Waals surface area contributed by atoms with Crippen LogP contribution in [-0.4, -0.2) is 22.4 Å². The third-order valence-corrected chi connectivity index (χ3v) is 3.29. The second-order valence-electron chi connectivity index (χ2n) is 4.73. The Bertz CT molecular complexity index is 809. The highest BCUT2D eigenvalue weighted by atomic mass is 35.5. The number of aromatic nitrogens is 2. The van der Waals surface area contributed by atoms with Gasteiger partial charge in [0.25, 0.3) is 5.91 Å². The minimum atomic E-state index is -0.294. The van der Waals surface area contributed by atoms with Crippen molar-refractivity contribution in [3.05, 3.63) is 58.9 Å². The Kier molecular flexibility index (Phi) is 4.13. The lowest BCUT2D eigenvalue weighted by molar-refractivity contribution is 0.0914. The maximum atomic E-state index is 12.0. The monoisotopic (exact) mass is 319 g/mol. The van der Waals surface area contributed by atoms with Gasteiger partial charge in [-0.15, -0.1) is 0 Å². The number of pyridine rings is 1. The first-order valence-electron chi connectivity index (χ1n) is 6.64. The average molecular weight is 320 g/mol. The summed E-state index contributed by atoms with van der Waals surface area (Å²) >= 11 is 5.92. The van der Waals surface area contributed by atoms with Crippen LogP contribution in [0, 0.1) is 0 Å². The highest BCUT2D eigenvalue weighted by Gasteiger charge is 2.11. The first-order chi connectivity index (χ1) is 10.7. The first-order valence-corrected chi connectivity index (χ1v) is 7.02. The molecule has 1 amide bonds. The van der Waals surface area contributed by atoms with Crippen molar-refractivity contribution in [3.8, 4) is 0 Å². The molecule has 114 valence electrons. The van der Waals surface area contributed by atoms with Crippen LogP contribution in [0.15, 0.2) is 41.1 Å². The Balaban J connectivity index is 1.66. The topological polar surface area (TPSA) is 68.8 Å². The van der Waals surface area contributed by atoms with E-state index in [1.807, 2.05) is 16.7 Å². The molecule has 6 nitrogen and oxygen atoms in total. The molecule has 0 aromatic carbocycles. The minimum absolute atomic E-state index is 0.249.